The number of hydrogen-bond donors (Lipinski definition) is 0. The van der Waals surface area contributed by atoms with Gasteiger partial charge in [0.15, 0.2) is 0 Å². The van der Waals surface area contributed by atoms with E-state index in [1.54, 1.807) is 34.6 Å². The van der Waals surface area contributed by atoms with Crippen molar-refractivity contribution in [3.63, 3.8) is 0 Å². The van der Waals surface area contributed by atoms with Crippen LogP contribution in [0.4, 0.5) is 18.0 Å². The molecule has 152 valence electrons. The molecule has 1 aromatic rings. The molecule has 1 amide bonds. The number of ether oxygens (including phenoxy) is 3. The molecule has 0 radical (unpaired) electrons. The van der Waals surface area contributed by atoms with Gasteiger partial charge in [0.2, 0.25) is 5.88 Å². The van der Waals surface area contributed by atoms with Gasteiger partial charge in [-0.1, -0.05) is 0 Å². The van der Waals surface area contributed by atoms with Crippen LogP contribution in [0.5, 0.6) is 5.88 Å². The zero-order valence-electron chi connectivity index (χ0n) is 16.1. The number of nitrogens with zero attached hydrogens (tertiary/aromatic N) is 2. The van der Waals surface area contributed by atoms with E-state index in [2.05, 4.69) is 4.98 Å². The zero-order valence-corrected chi connectivity index (χ0v) is 16.1. The van der Waals surface area contributed by atoms with Gasteiger partial charge in [0.05, 0.1) is 18.7 Å². The molecule has 1 unspecified atom stereocenters. The van der Waals surface area contributed by atoms with E-state index in [0.717, 1.165) is 12.3 Å². The highest BCUT2D eigenvalue weighted by Crippen LogP contribution is 2.31. The molecule has 6 nitrogen and oxygen atoms in total. The molecular formula is C18H25F3N2O4. The van der Waals surface area contributed by atoms with Crippen molar-refractivity contribution in [2.75, 3.05) is 13.2 Å². The van der Waals surface area contributed by atoms with Crippen molar-refractivity contribution in [3.8, 4) is 5.88 Å². The minimum Gasteiger partial charge on any atom is -0.471 e. The summed E-state index contributed by atoms with van der Waals surface area (Å²) >= 11 is 0. The quantitative estimate of drug-likeness (QED) is 0.770. The lowest BCUT2D eigenvalue weighted by molar-refractivity contribution is -0.137. The van der Waals surface area contributed by atoms with Crippen molar-refractivity contribution < 1.29 is 32.2 Å². The third kappa shape index (κ3) is 6.27. The van der Waals surface area contributed by atoms with E-state index >= 15 is 0 Å². The normalized spacial score (nSPS) is 18.5. The van der Waals surface area contributed by atoms with Crippen LogP contribution in [-0.4, -0.2) is 46.6 Å². The highest BCUT2D eigenvalue weighted by atomic mass is 19.4. The highest BCUT2D eigenvalue weighted by Gasteiger charge is 2.38. The summed E-state index contributed by atoms with van der Waals surface area (Å²) in [6, 6.07) is 2.09. The lowest BCUT2D eigenvalue weighted by atomic mass is 10.0. The second-order valence-corrected chi connectivity index (χ2v) is 7.95. The third-order valence-corrected chi connectivity index (χ3v) is 3.73. The van der Waals surface area contributed by atoms with E-state index in [4.69, 9.17) is 14.2 Å². The molecule has 9 heteroatoms. The molecule has 2 rings (SSSR count). The summed E-state index contributed by atoms with van der Waals surface area (Å²) in [5.41, 5.74) is -2.30. The van der Waals surface area contributed by atoms with Crippen molar-refractivity contribution >= 4 is 6.09 Å². The highest BCUT2D eigenvalue weighted by molar-refractivity contribution is 5.68. The van der Waals surface area contributed by atoms with Crippen LogP contribution in [0.2, 0.25) is 0 Å². The van der Waals surface area contributed by atoms with Gasteiger partial charge in [-0.25, -0.2) is 9.78 Å². The predicted octanol–water partition coefficient (Wildman–Crippen LogP) is 4.24. The van der Waals surface area contributed by atoms with Gasteiger partial charge in [-0.3, -0.25) is 4.90 Å². The van der Waals surface area contributed by atoms with Gasteiger partial charge in [0.1, 0.15) is 17.4 Å². The summed E-state index contributed by atoms with van der Waals surface area (Å²) in [4.78, 5) is 17.5. The Morgan fingerprint density at radius 1 is 1.26 bits per heavy atom. The Balaban J connectivity index is 2.01. The first kappa shape index (κ1) is 21.3. The molecule has 0 N–H and O–H groups in total. The minimum absolute atomic E-state index is 0.0646. The second-order valence-electron chi connectivity index (χ2n) is 7.95. The molecule has 27 heavy (non-hydrogen) atoms. The smallest absolute Gasteiger partial charge is 0.417 e. The van der Waals surface area contributed by atoms with E-state index in [0.29, 0.717) is 19.6 Å². The fourth-order valence-electron chi connectivity index (χ4n) is 2.57. The Kier molecular flexibility index (Phi) is 5.94. The van der Waals surface area contributed by atoms with Crippen molar-refractivity contribution in [3.05, 3.63) is 23.9 Å². The molecule has 1 atom stereocenters. The van der Waals surface area contributed by atoms with Crippen molar-refractivity contribution in [2.24, 2.45) is 0 Å². The standard InChI is InChI=1S/C18H25F3N2O4/c1-16(2,3)27-15(24)23-8-9-25-14(23)10-17(4,5)26-13-7-6-12(11-22-13)18(19,20)21/h6-7,11,14H,8-10H2,1-5H3. The van der Waals surface area contributed by atoms with Gasteiger partial charge in [0, 0.05) is 18.7 Å². The van der Waals surface area contributed by atoms with Gasteiger partial charge < -0.3 is 14.2 Å². The number of carbonyl (C=O) groups is 1. The van der Waals surface area contributed by atoms with Gasteiger partial charge in [-0.15, -0.1) is 0 Å². The van der Waals surface area contributed by atoms with E-state index < -0.39 is 35.3 Å². The summed E-state index contributed by atoms with van der Waals surface area (Å²) in [7, 11) is 0. The van der Waals surface area contributed by atoms with E-state index in [-0.39, 0.29) is 5.88 Å². The molecule has 0 saturated carbocycles. The number of amides is 1. The van der Waals surface area contributed by atoms with E-state index in [1.807, 2.05) is 0 Å². The average molecular weight is 390 g/mol. The topological polar surface area (TPSA) is 60.9 Å². The maximum absolute atomic E-state index is 12.6. The van der Waals surface area contributed by atoms with Gasteiger partial charge in [-0.05, 0) is 40.7 Å². The number of pyridine rings is 1. The fraction of sp³-hybridized carbons (Fsp3) is 0.667. The number of hydrogen-bond acceptors (Lipinski definition) is 5. The maximum atomic E-state index is 12.6. The first-order chi connectivity index (χ1) is 12.3. The van der Waals surface area contributed by atoms with Crippen molar-refractivity contribution in [1.82, 2.24) is 9.88 Å². The number of rotatable bonds is 4. The third-order valence-electron chi connectivity index (χ3n) is 3.73. The summed E-state index contributed by atoms with van der Waals surface area (Å²) < 4.78 is 54.6. The fourth-order valence-corrected chi connectivity index (χ4v) is 2.57. The van der Waals surface area contributed by atoms with E-state index in [9.17, 15) is 18.0 Å². The van der Waals surface area contributed by atoms with Crippen LogP contribution in [-0.2, 0) is 15.7 Å². The van der Waals surface area contributed by atoms with Crippen LogP contribution < -0.4 is 4.74 Å². The van der Waals surface area contributed by atoms with Gasteiger partial charge >= 0.3 is 12.3 Å². The molecule has 1 fully saturated rings. The Labute approximate surface area is 156 Å². The van der Waals surface area contributed by atoms with Gasteiger partial charge in [-0.2, -0.15) is 13.2 Å². The van der Waals surface area contributed by atoms with Crippen molar-refractivity contribution in [1.29, 1.82) is 0 Å². The molecule has 0 spiro atoms. The Morgan fingerprint density at radius 2 is 1.93 bits per heavy atom. The summed E-state index contributed by atoms with van der Waals surface area (Å²) in [5, 5.41) is 0. The monoisotopic (exact) mass is 390 g/mol. The second kappa shape index (κ2) is 7.53. The lowest BCUT2D eigenvalue weighted by Gasteiger charge is -2.32. The molecular weight excluding hydrogens is 365 g/mol. The lowest BCUT2D eigenvalue weighted by Crippen LogP contribution is -2.44. The molecule has 0 aliphatic carbocycles. The maximum Gasteiger partial charge on any atom is 0.417 e. The summed E-state index contributed by atoms with van der Waals surface area (Å²) in [6.07, 6.45) is -4.45. The summed E-state index contributed by atoms with van der Waals surface area (Å²) in [6.45, 7) is 9.61. The van der Waals surface area contributed by atoms with Crippen molar-refractivity contribution in [2.45, 2.75) is 64.6 Å². The Bertz CT molecular complexity index is 654. The van der Waals surface area contributed by atoms with Crippen LogP contribution in [0, 0.1) is 0 Å². The summed E-state index contributed by atoms with van der Waals surface area (Å²) in [5.74, 6) is 0.0646. The first-order valence-corrected chi connectivity index (χ1v) is 8.60. The van der Waals surface area contributed by atoms with Gasteiger partial charge in [0.25, 0.3) is 0 Å². The molecule has 0 aromatic carbocycles. The van der Waals surface area contributed by atoms with Crippen LogP contribution in [0.1, 0.15) is 46.6 Å². The van der Waals surface area contributed by atoms with Crippen LogP contribution in [0.3, 0.4) is 0 Å². The molecule has 0 bridgehead atoms. The molecule has 1 aromatic heterocycles. The molecule has 1 aliphatic rings. The van der Waals surface area contributed by atoms with Crippen LogP contribution in [0.15, 0.2) is 18.3 Å². The average Bonchev–Trinajstić information content (AvgIpc) is 2.92. The Hall–Kier alpha value is -2.03. The SMILES string of the molecule is CC(C)(C)OC(=O)N1CCOC1CC(C)(C)Oc1ccc(C(F)(F)F)cn1. The zero-order chi connectivity index (χ0) is 20.5. The largest absolute Gasteiger partial charge is 0.471 e. The molecule has 2 heterocycles. The van der Waals surface area contributed by atoms with Crippen LogP contribution >= 0.6 is 0 Å². The predicted molar refractivity (Wildman–Crippen MR) is 91.2 cm³/mol. The minimum atomic E-state index is -4.45. The number of halogens is 3. The first-order valence-electron chi connectivity index (χ1n) is 8.60. The van der Waals surface area contributed by atoms with Crippen LogP contribution in [0.25, 0.3) is 0 Å². The van der Waals surface area contributed by atoms with E-state index in [1.165, 1.54) is 11.0 Å². The number of carbonyl (C=O) groups excluding carboxylic acids is 1. The number of aromatic nitrogens is 1. The Morgan fingerprint density at radius 3 is 2.44 bits per heavy atom. The molecule has 1 saturated heterocycles. The molecule has 1 aliphatic heterocycles. The number of alkyl halides is 3.